The van der Waals surface area contributed by atoms with Gasteiger partial charge in [-0.15, -0.1) is 0 Å². The molecule has 0 amide bonds. The van der Waals surface area contributed by atoms with Crippen molar-refractivity contribution in [3.8, 4) is 0 Å². The number of nitrogens with one attached hydrogen (secondary N) is 2. The largest absolute Gasteiger partial charge is 0.369 e. The molecular formula is C10H15N7O4S. The Morgan fingerprint density at radius 3 is 3.00 bits per heavy atom. The van der Waals surface area contributed by atoms with Gasteiger partial charge >= 0.3 is 0 Å². The SMILES string of the molecule is Nc1nc2c(ncn2[C@H]2CC[C@@H](CNS(N)(=O)=O)O2)c(=O)[nH]1. The zero-order chi connectivity index (χ0) is 15.9. The molecule has 0 unspecified atom stereocenters. The molecule has 1 fully saturated rings. The Balaban J connectivity index is 1.80. The number of hydrogen-bond acceptors (Lipinski definition) is 7. The quantitative estimate of drug-likeness (QED) is 0.511. The third-order valence-corrected chi connectivity index (χ3v) is 3.93. The predicted octanol–water partition coefficient (Wildman–Crippen LogP) is -1.83. The summed E-state index contributed by atoms with van der Waals surface area (Å²) in [6, 6.07) is 0. The molecule has 22 heavy (non-hydrogen) atoms. The first-order chi connectivity index (χ1) is 10.3. The summed E-state index contributed by atoms with van der Waals surface area (Å²) in [6.45, 7) is 0.0815. The molecule has 0 aromatic carbocycles. The van der Waals surface area contributed by atoms with Gasteiger partial charge in [0.05, 0.1) is 12.4 Å². The lowest BCUT2D eigenvalue weighted by molar-refractivity contribution is 0.00712. The van der Waals surface area contributed by atoms with Gasteiger partial charge in [0.25, 0.3) is 15.8 Å². The molecular weight excluding hydrogens is 314 g/mol. The van der Waals surface area contributed by atoms with Crippen LogP contribution < -0.4 is 21.2 Å². The molecule has 0 saturated carbocycles. The van der Waals surface area contributed by atoms with Crippen LogP contribution in [0, 0.1) is 0 Å². The smallest absolute Gasteiger partial charge is 0.280 e. The van der Waals surface area contributed by atoms with Gasteiger partial charge in [0.2, 0.25) is 5.95 Å². The van der Waals surface area contributed by atoms with E-state index in [4.69, 9.17) is 15.6 Å². The van der Waals surface area contributed by atoms with Crippen LogP contribution in [0.2, 0.25) is 0 Å². The zero-order valence-electron chi connectivity index (χ0n) is 11.4. The minimum atomic E-state index is -3.75. The standard InChI is InChI=1S/C10H15N7O4S/c11-10-15-8-7(9(18)16-10)13-4-17(8)6-2-1-5(21-6)3-14-22(12,19)20/h4-6,14H,1-3H2,(H2,12,19,20)(H3,11,15,16,18)/t5-,6+/m0/s1. The third-order valence-electron chi connectivity index (χ3n) is 3.36. The Kier molecular flexibility index (Phi) is 3.60. The van der Waals surface area contributed by atoms with E-state index in [1.165, 1.54) is 6.33 Å². The van der Waals surface area contributed by atoms with Crippen molar-refractivity contribution < 1.29 is 13.2 Å². The molecule has 3 heterocycles. The summed E-state index contributed by atoms with van der Waals surface area (Å²) in [5.41, 5.74) is 5.61. The highest BCUT2D eigenvalue weighted by atomic mass is 32.2. The van der Waals surface area contributed by atoms with E-state index in [1.807, 2.05) is 0 Å². The van der Waals surface area contributed by atoms with E-state index in [-0.39, 0.29) is 24.1 Å². The molecule has 0 radical (unpaired) electrons. The first kappa shape index (κ1) is 14.9. The molecule has 1 aliphatic heterocycles. The second-order valence-electron chi connectivity index (χ2n) is 4.96. The summed E-state index contributed by atoms with van der Waals surface area (Å²) in [4.78, 5) is 22.2. The van der Waals surface area contributed by atoms with Gasteiger partial charge in [-0.05, 0) is 12.8 Å². The molecule has 11 nitrogen and oxygen atoms in total. The molecule has 2 aromatic heterocycles. The Labute approximate surface area is 124 Å². The van der Waals surface area contributed by atoms with Crippen LogP contribution >= 0.6 is 0 Å². The van der Waals surface area contributed by atoms with Gasteiger partial charge in [-0.3, -0.25) is 14.3 Å². The van der Waals surface area contributed by atoms with E-state index in [2.05, 4.69) is 19.7 Å². The van der Waals surface area contributed by atoms with Crippen molar-refractivity contribution in [1.29, 1.82) is 0 Å². The van der Waals surface area contributed by atoms with Gasteiger partial charge in [-0.1, -0.05) is 0 Å². The fraction of sp³-hybridized carbons (Fsp3) is 0.500. The zero-order valence-corrected chi connectivity index (χ0v) is 12.2. The number of H-pyrrole nitrogens is 1. The average molecular weight is 329 g/mol. The molecule has 12 heteroatoms. The van der Waals surface area contributed by atoms with Crippen molar-refractivity contribution in [2.45, 2.75) is 25.2 Å². The fourth-order valence-electron chi connectivity index (χ4n) is 2.40. The normalized spacial score (nSPS) is 22.4. The van der Waals surface area contributed by atoms with Gasteiger partial charge in [-0.2, -0.15) is 18.1 Å². The van der Waals surface area contributed by atoms with E-state index >= 15 is 0 Å². The highest BCUT2D eigenvalue weighted by Crippen LogP contribution is 2.29. The summed E-state index contributed by atoms with van der Waals surface area (Å²) in [7, 11) is -3.75. The number of fused-ring (bicyclic) bond motifs is 1. The monoisotopic (exact) mass is 329 g/mol. The highest BCUT2D eigenvalue weighted by Gasteiger charge is 2.28. The van der Waals surface area contributed by atoms with E-state index in [0.29, 0.717) is 18.5 Å². The number of nitrogen functional groups attached to an aromatic ring is 1. The predicted molar refractivity (Wildman–Crippen MR) is 76.8 cm³/mol. The van der Waals surface area contributed by atoms with Crippen LogP contribution in [-0.2, 0) is 14.9 Å². The number of hydrogen-bond donors (Lipinski definition) is 4. The van der Waals surface area contributed by atoms with Crippen molar-refractivity contribution in [2.24, 2.45) is 5.14 Å². The second kappa shape index (κ2) is 5.31. The first-order valence-electron chi connectivity index (χ1n) is 6.48. The van der Waals surface area contributed by atoms with Crippen LogP contribution in [0.3, 0.4) is 0 Å². The summed E-state index contributed by atoms with van der Waals surface area (Å²) in [5.74, 6) is -0.00955. The minimum Gasteiger partial charge on any atom is -0.369 e. The molecule has 6 N–H and O–H groups in total. The molecule has 2 atom stereocenters. The Morgan fingerprint density at radius 1 is 1.50 bits per heavy atom. The van der Waals surface area contributed by atoms with Gasteiger partial charge in [0.15, 0.2) is 11.2 Å². The third kappa shape index (κ3) is 2.94. The molecule has 2 aromatic rings. The maximum absolute atomic E-state index is 11.7. The maximum Gasteiger partial charge on any atom is 0.280 e. The number of nitrogens with zero attached hydrogens (tertiary/aromatic N) is 3. The highest BCUT2D eigenvalue weighted by molar-refractivity contribution is 7.87. The van der Waals surface area contributed by atoms with Gasteiger partial charge in [0.1, 0.15) is 6.23 Å². The van der Waals surface area contributed by atoms with Crippen LogP contribution in [0.15, 0.2) is 11.1 Å². The average Bonchev–Trinajstić information content (AvgIpc) is 3.01. The van der Waals surface area contributed by atoms with Crippen LogP contribution in [0.4, 0.5) is 5.95 Å². The van der Waals surface area contributed by atoms with Crippen molar-refractivity contribution in [3.05, 3.63) is 16.7 Å². The van der Waals surface area contributed by atoms with E-state index in [1.54, 1.807) is 4.57 Å². The van der Waals surface area contributed by atoms with Gasteiger partial charge in [-0.25, -0.2) is 10.1 Å². The topological polar surface area (TPSA) is 171 Å². The van der Waals surface area contributed by atoms with E-state index < -0.39 is 22.0 Å². The van der Waals surface area contributed by atoms with Crippen LogP contribution in [-0.4, -0.2) is 40.6 Å². The number of aromatic amines is 1. The Morgan fingerprint density at radius 2 is 2.27 bits per heavy atom. The van der Waals surface area contributed by atoms with Crippen LogP contribution in [0.1, 0.15) is 19.1 Å². The number of anilines is 1. The molecule has 0 spiro atoms. The van der Waals surface area contributed by atoms with Crippen molar-refractivity contribution in [1.82, 2.24) is 24.2 Å². The van der Waals surface area contributed by atoms with Gasteiger partial charge in [0, 0.05) is 6.54 Å². The van der Waals surface area contributed by atoms with Gasteiger partial charge < -0.3 is 10.5 Å². The van der Waals surface area contributed by atoms with E-state index in [9.17, 15) is 13.2 Å². The summed E-state index contributed by atoms with van der Waals surface area (Å²) in [5, 5.41) is 4.88. The molecule has 3 rings (SSSR count). The molecule has 1 aliphatic rings. The van der Waals surface area contributed by atoms with Crippen LogP contribution in [0.25, 0.3) is 11.2 Å². The lowest BCUT2D eigenvalue weighted by atomic mass is 10.2. The van der Waals surface area contributed by atoms with Crippen molar-refractivity contribution in [2.75, 3.05) is 12.3 Å². The lowest BCUT2D eigenvalue weighted by Crippen LogP contribution is -2.36. The first-order valence-corrected chi connectivity index (χ1v) is 8.03. The number of rotatable bonds is 4. The Hall–Kier alpha value is -2.02. The maximum atomic E-state index is 11.7. The fourth-order valence-corrected chi connectivity index (χ4v) is 2.82. The molecule has 120 valence electrons. The molecule has 0 aliphatic carbocycles. The second-order valence-corrected chi connectivity index (χ2v) is 6.34. The van der Waals surface area contributed by atoms with Crippen molar-refractivity contribution >= 4 is 27.3 Å². The number of aromatic nitrogens is 4. The van der Waals surface area contributed by atoms with Crippen LogP contribution in [0.5, 0.6) is 0 Å². The minimum absolute atomic E-state index is 0.00955. The van der Waals surface area contributed by atoms with E-state index in [0.717, 1.165) is 0 Å². The number of ether oxygens (including phenoxy) is 1. The van der Waals surface area contributed by atoms with Crippen molar-refractivity contribution in [3.63, 3.8) is 0 Å². The molecule has 0 bridgehead atoms. The summed E-state index contributed by atoms with van der Waals surface area (Å²) in [6.07, 6.45) is 1.99. The summed E-state index contributed by atoms with van der Waals surface area (Å²) >= 11 is 0. The summed E-state index contributed by atoms with van der Waals surface area (Å²) < 4.78 is 31.3. The number of imidazole rings is 1. The molecule has 1 saturated heterocycles. The number of nitrogens with two attached hydrogens (primary N) is 2. The lowest BCUT2D eigenvalue weighted by Gasteiger charge is -2.15. The Bertz CT molecular complexity index is 858.